The van der Waals surface area contributed by atoms with E-state index in [0.29, 0.717) is 11.6 Å². The minimum Gasteiger partial charge on any atom is -0.486 e. The van der Waals surface area contributed by atoms with E-state index in [0.717, 1.165) is 37.0 Å². The van der Waals surface area contributed by atoms with E-state index in [-0.39, 0.29) is 0 Å². The van der Waals surface area contributed by atoms with E-state index in [1.165, 1.54) is 0 Å². The maximum absolute atomic E-state index is 5.82. The fraction of sp³-hybridized carbons (Fsp3) is 0.333. The van der Waals surface area contributed by atoms with Crippen molar-refractivity contribution in [2.75, 3.05) is 6.54 Å². The van der Waals surface area contributed by atoms with Gasteiger partial charge in [0, 0.05) is 18.1 Å². The largest absolute Gasteiger partial charge is 0.486 e. The molecule has 94 valence electrons. The van der Waals surface area contributed by atoms with Crippen LogP contribution in [0.5, 0.6) is 5.75 Å². The third kappa shape index (κ3) is 2.32. The standard InChI is InChI=1S/C12H13ClN4O/c13-9-1-3-10(4-2-9)18-8-12-16-15-11-7-14-5-6-17(11)12/h1-4,14H,5-8H2. The summed E-state index contributed by atoms with van der Waals surface area (Å²) in [6.07, 6.45) is 0. The van der Waals surface area contributed by atoms with Crippen LogP contribution >= 0.6 is 11.6 Å². The van der Waals surface area contributed by atoms with E-state index in [2.05, 4.69) is 20.1 Å². The Labute approximate surface area is 110 Å². The third-order valence-electron chi connectivity index (χ3n) is 2.88. The summed E-state index contributed by atoms with van der Waals surface area (Å²) in [6.45, 7) is 3.03. The van der Waals surface area contributed by atoms with Gasteiger partial charge >= 0.3 is 0 Å². The summed E-state index contributed by atoms with van der Waals surface area (Å²) < 4.78 is 7.77. The first-order chi connectivity index (χ1) is 8.83. The Morgan fingerprint density at radius 2 is 2.11 bits per heavy atom. The quantitative estimate of drug-likeness (QED) is 0.915. The van der Waals surface area contributed by atoms with E-state index in [1.807, 2.05) is 12.1 Å². The summed E-state index contributed by atoms with van der Waals surface area (Å²) in [4.78, 5) is 0. The molecule has 1 aliphatic rings. The van der Waals surface area contributed by atoms with Gasteiger partial charge < -0.3 is 14.6 Å². The zero-order valence-electron chi connectivity index (χ0n) is 9.77. The molecule has 3 rings (SSSR count). The first-order valence-electron chi connectivity index (χ1n) is 5.83. The average molecular weight is 265 g/mol. The number of hydrogen-bond acceptors (Lipinski definition) is 4. The lowest BCUT2D eigenvalue weighted by Crippen LogP contribution is -2.29. The number of nitrogens with zero attached hydrogens (tertiary/aromatic N) is 3. The lowest BCUT2D eigenvalue weighted by Gasteiger charge is -2.16. The van der Waals surface area contributed by atoms with Crippen LogP contribution in [0.4, 0.5) is 0 Å². The van der Waals surface area contributed by atoms with Gasteiger partial charge in [0.2, 0.25) is 0 Å². The van der Waals surface area contributed by atoms with Crippen LogP contribution in [0.2, 0.25) is 5.02 Å². The lowest BCUT2D eigenvalue weighted by atomic mass is 10.3. The second-order valence-corrected chi connectivity index (χ2v) is 4.54. The monoisotopic (exact) mass is 264 g/mol. The van der Waals surface area contributed by atoms with Crippen molar-refractivity contribution in [3.05, 3.63) is 40.9 Å². The predicted octanol–water partition coefficient (Wildman–Crippen LogP) is 1.61. The van der Waals surface area contributed by atoms with Crippen LogP contribution in [0, 0.1) is 0 Å². The van der Waals surface area contributed by atoms with Gasteiger partial charge in [0.05, 0.1) is 6.54 Å². The lowest BCUT2D eigenvalue weighted by molar-refractivity contribution is 0.286. The van der Waals surface area contributed by atoms with Gasteiger partial charge in [0.25, 0.3) is 0 Å². The average Bonchev–Trinajstić information content (AvgIpc) is 2.82. The molecular weight excluding hydrogens is 252 g/mol. The van der Waals surface area contributed by atoms with E-state index in [1.54, 1.807) is 12.1 Å². The highest BCUT2D eigenvalue weighted by Crippen LogP contribution is 2.17. The first kappa shape index (κ1) is 11.5. The number of fused-ring (bicyclic) bond motifs is 1. The van der Waals surface area contributed by atoms with E-state index in [9.17, 15) is 0 Å². The second-order valence-electron chi connectivity index (χ2n) is 4.10. The molecule has 0 radical (unpaired) electrons. The molecule has 1 aliphatic heterocycles. The van der Waals surface area contributed by atoms with Crippen LogP contribution in [-0.4, -0.2) is 21.3 Å². The van der Waals surface area contributed by atoms with Crippen molar-refractivity contribution < 1.29 is 4.74 Å². The molecule has 0 amide bonds. The normalized spacial score (nSPS) is 14.3. The molecule has 1 aromatic carbocycles. The molecular formula is C12H13ClN4O. The Hall–Kier alpha value is -1.59. The van der Waals surface area contributed by atoms with E-state index >= 15 is 0 Å². The molecule has 1 aromatic heterocycles. The van der Waals surface area contributed by atoms with Crippen LogP contribution in [0.3, 0.4) is 0 Å². The molecule has 0 fully saturated rings. The zero-order chi connectivity index (χ0) is 12.4. The van der Waals surface area contributed by atoms with Crippen LogP contribution in [-0.2, 0) is 19.7 Å². The number of rotatable bonds is 3. The van der Waals surface area contributed by atoms with Gasteiger partial charge in [0.1, 0.15) is 18.2 Å². The van der Waals surface area contributed by atoms with E-state index < -0.39 is 0 Å². The van der Waals surface area contributed by atoms with Crippen molar-refractivity contribution in [3.8, 4) is 5.75 Å². The number of hydrogen-bond donors (Lipinski definition) is 1. The summed E-state index contributed by atoms with van der Waals surface area (Å²) in [6, 6.07) is 7.30. The Balaban J connectivity index is 1.70. The van der Waals surface area contributed by atoms with Crippen molar-refractivity contribution >= 4 is 11.6 Å². The van der Waals surface area contributed by atoms with Gasteiger partial charge in [-0.25, -0.2) is 0 Å². The number of ether oxygens (including phenoxy) is 1. The zero-order valence-corrected chi connectivity index (χ0v) is 10.5. The molecule has 5 nitrogen and oxygen atoms in total. The predicted molar refractivity (Wildman–Crippen MR) is 67.5 cm³/mol. The summed E-state index contributed by atoms with van der Waals surface area (Å²) in [5, 5.41) is 12.2. The summed E-state index contributed by atoms with van der Waals surface area (Å²) in [5.41, 5.74) is 0. The molecule has 1 N–H and O–H groups in total. The molecule has 0 spiro atoms. The Morgan fingerprint density at radius 1 is 1.28 bits per heavy atom. The summed E-state index contributed by atoms with van der Waals surface area (Å²) >= 11 is 5.82. The van der Waals surface area contributed by atoms with E-state index in [4.69, 9.17) is 16.3 Å². The molecule has 0 bridgehead atoms. The third-order valence-corrected chi connectivity index (χ3v) is 3.13. The molecule has 18 heavy (non-hydrogen) atoms. The number of benzene rings is 1. The highest BCUT2D eigenvalue weighted by Gasteiger charge is 2.15. The first-order valence-corrected chi connectivity index (χ1v) is 6.21. The van der Waals surface area contributed by atoms with Gasteiger partial charge in [-0.3, -0.25) is 0 Å². The number of halogens is 1. The van der Waals surface area contributed by atoms with Crippen LogP contribution in [0.1, 0.15) is 11.6 Å². The summed E-state index contributed by atoms with van der Waals surface area (Å²) in [7, 11) is 0. The van der Waals surface area contributed by atoms with Gasteiger partial charge in [-0.1, -0.05) is 11.6 Å². The fourth-order valence-electron chi connectivity index (χ4n) is 1.94. The molecule has 0 aliphatic carbocycles. The highest BCUT2D eigenvalue weighted by atomic mass is 35.5. The molecule has 0 unspecified atom stereocenters. The summed E-state index contributed by atoms with van der Waals surface area (Å²) in [5.74, 6) is 2.61. The molecule has 0 saturated heterocycles. The molecule has 2 heterocycles. The number of aromatic nitrogens is 3. The molecule has 2 aromatic rings. The van der Waals surface area contributed by atoms with Crippen LogP contribution < -0.4 is 10.1 Å². The van der Waals surface area contributed by atoms with Crippen molar-refractivity contribution in [2.45, 2.75) is 19.7 Å². The number of nitrogens with one attached hydrogen (secondary N) is 1. The smallest absolute Gasteiger partial charge is 0.171 e. The second kappa shape index (κ2) is 4.96. The van der Waals surface area contributed by atoms with Gasteiger partial charge in [0.15, 0.2) is 5.82 Å². The van der Waals surface area contributed by atoms with Crippen molar-refractivity contribution in [3.63, 3.8) is 0 Å². The Kier molecular flexibility index (Phi) is 3.17. The van der Waals surface area contributed by atoms with Gasteiger partial charge in [-0.15, -0.1) is 10.2 Å². The highest BCUT2D eigenvalue weighted by molar-refractivity contribution is 6.30. The minimum atomic E-state index is 0.425. The SMILES string of the molecule is Clc1ccc(OCc2nnc3n2CCNC3)cc1. The van der Waals surface area contributed by atoms with Gasteiger partial charge in [-0.2, -0.15) is 0 Å². The maximum Gasteiger partial charge on any atom is 0.171 e. The topological polar surface area (TPSA) is 52.0 Å². The molecule has 0 atom stereocenters. The fourth-order valence-corrected chi connectivity index (χ4v) is 2.06. The minimum absolute atomic E-state index is 0.425. The van der Waals surface area contributed by atoms with Crippen LogP contribution in [0.15, 0.2) is 24.3 Å². The molecule has 6 heteroatoms. The van der Waals surface area contributed by atoms with Crippen molar-refractivity contribution in [1.82, 2.24) is 20.1 Å². The Bertz CT molecular complexity index is 538. The van der Waals surface area contributed by atoms with Gasteiger partial charge in [-0.05, 0) is 24.3 Å². The maximum atomic E-state index is 5.82. The molecule has 0 saturated carbocycles. The van der Waals surface area contributed by atoms with Crippen molar-refractivity contribution in [2.24, 2.45) is 0 Å². The van der Waals surface area contributed by atoms with Crippen molar-refractivity contribution in [1.29, 1.82) is 0 Å². The van der Waals surface area contributed by atoms with Crippen LogP contribution in [0.25, 0.3) is 0 Å². The Morgan fingerprint density at radius 3 is 2.94 bits per heavy atom.